The van der Waals surface area contributed by atoms with Crippen LogP contribution in [-0.2, 0) is 4.74 Å². The third-order valence-electron chi connectivity index (χ3n) is 2.12. The molecule has 0 aliphatic rings. The second-order valence-electron chi connectivity index (χ2n) is 3.56. The number of hydrogen-bond acceptors (Lipinski definition) is 5. The predicted octanol–water partition coefficient (Wildman–Crippen LogP) is 2.09. The summed E-state index contributed by atoms with van der Waals surface area (Å²) in [4.78, 5) is 12.4. The Morgan fingerprint density at radius 1 is 1.41 bits per heavy atom. The Labute approximate surface area is 104 Å². The third-order valence-corrected chi connectivity index (χ3v) is 2.39. The highest BCUT2D eigenvalue weighted by atomic mass is 35.5. The molecule has 5 nitrogen and oxygen atoms in total. The first-order chi connectivity index (χ1) is 8.20. The van der Waals surface area contributed by atoms with Gasteiger partial charge < -0.3 is 9.47 Å². The zero-order valence-corrected chi connectivity index (χ0v) is 10.3. The molecule has 2 rings (SSSR count). The molecule has 0 radical (unpaired) electrons. The maximum Gasteiger partial charge on any atom is 0.233 e. The van der Waals surface area contributed by atoms with Crippen LogP contribution in [0.4, 0.5) is 0 Å². The first-order valence-corrected chi connectivity index (χ1v) is 5.51. The van der Waals surface area contributed by atoms with Crippen molar-refractivity contribution in [3.63, 3.8) is 0 Å². The number of ether oxygens (including phenoxy) is 2. The van der Waals surface area contributed by atoms with Gasteiger partial charge >= 0.3 is 0 Å². The molecule has 0 saturated heterocycles. The molecule has 0 aromatic carbocycles. The normalized spacial score (nSPS) is 12.6. The molecule has 0 bridgehead atoms. The fourth-order valence-electron chi connectivity index (χ4n) is 1.43. The van der Waals surface area contributed by atoms with Crippen LogP contribution >= 0.6 is 11.6 Å². The van der Waals surface area contributed by atoms with Gasteiger partial charge in [0.05, 0.1) is 18.3 Å². The van der Waals surface area contributed by atoms with Crippen LogP contribution in [-0.4, -0.2) is 34.8 Å². The molecule has 2 aromatic heterocycles. The highest BCUT2D eigenvalue weighted by Gasteiger charge is 2.08. The Morgan fingerprint density at radius 3 is 3.00 bits per heavy atom. The van der Waals surface area contributed by atoms with Gasteiger partial charge in [-0.3, -0.25) is 0 Å². The number of hydrogen-bond donors (Lipinski definition) is 0. The molecule has 0 aliphatic carbocycles. The standard InChI is InChI=1S/C11H12ClN3O2/c1-7(6-16-2)17-9-5-14-10-8(15-9)3-4-13-11(10)12/h3-5,7H,6H2,1-2H3. The zero-order chi connectivity index (χ0) is 12.3. The summed E-state index contributed by atoms with van der Waals surface area (Å²) in [7, 11) is 1.62. The van der Waals surface area contributed by atoms with Gasteiger partial charge in [-0.1, -0.05) is 11.6 Å². The first kappa shape index (κ1) is 12.0. The van der Waals surface area contributed by atoms with Crippen LogP contribution in [0.5, 0.6) is 5.88 Å². The average Bonchev–Trinajstić information content (AvgIpc) is 2.29. The fourth-order valence-corrected chi connectivity index (χ4v) is 1.63. The van der Waals surface area contributed by atoms with Gasteiger partial charge in [0, 0.05) is 13.3 Å². The van der Waals surface area contributed by atoms with Crippen molar-refractivity contribution in [3.8, 4) is 5.88 Å². The van der Waals surface area contributed by atoms with E-state index >= 15 is 0 Å². The van der Waals surface area contributed by atoms with Crippen molar-refractivity contribution in [1.29, 1.82) is 0 Å². The van der Waals surface area contributed by atoms with Crippen molar-refractivity contribution in [2.75, 3.05) is 13.7 Å². The quantitative estimate of drug-likeness (QED) is 0.781. The lowest BCUT2D eigenvalue weighted by Crippen LogP contribution is -2.18. The summed E-state index contributed by atoms with van der Waals surface area (Å²) < 4.78 is 10.5. The summed E-state index contributed by atoms with van der Waals surface area (Å²) in [5.41, 5.74) is 1.23. The van der Waals surface area contributed by atoms with Crippen LogP contribution in [0.15, 0.2) is 18.5 Å². The van der Waals surface area contributed by atoms with E-state index in [9.17, 15) is 0 Å². The number of halogens is 1. The van der Waals surface area contributed by atoms with E-state index in [0.717, 1.165) is 0 Å². The average molecular weight is 254 g/mol. The van der Waals surface area contributed by atoms with Gasteiger partial charge in [0.1, 0.15) is 11.6 Å². The summed E-state index contributed by atoms with van der Waals surface area (Å²) in [6.45, 7) is 2.39. The lowest BCUT2D eigenvalue weighted by atomic mass is 10.4. The van der Waals surface area contributed by atoms with Crippen LogP contribution in [0.2, 0.25) is 5.15 Å². The summed E-state index contributed by atoms with van der Waals surface area (Å²) in [6, 6.07) is 1.74. The summed E-state index contributed by atoms with van der Waals surface area (Å²) in [6.07, 6.45) is 3.04. The van der Waals surface area contributed by atoms with Crippen molar-refractivity contribution < 1.29 is 9.47 Å². The van der Waals surface area contributed by atoms with E-state index in [1.807, 2.05) is 6.92 Å². The van der Waals surface area contributed by atoms with Gasteiger partial charge in [-0.25, -0.2) is 15.0 Å². The Morgan fingerprint density at radius 2 is 2.24 bits per heavy atom. The zero-order valence-electron chi connectivity index (χ0n) is 9.55. The van der Waals surface area contributed by atoms with Crippen LogP contribution in [0.25, 0.3) is 11.0 Å². The molecule has 0 amide bonds. The largest absolute Gasteiger partial charge is 0.471 e. The highest BCUT2D eigenvalue weighted by molar-refractivity contribution is 6.33. The molecule has 0 spiro atoms. The lowest BCUT2D eigenvalue weighted by molar-refractivity contribution is 0.0889. The molecule has 2 heterocycles. The van der Waals surface area contributed by atoms with E-state index in [1.165, 1.54) is 6.20 Å². The van der Waals surface area contributed by atoms with E-state index in [-0.39, 0.29) is 6.10 Å². The molecule has 6 heteroatoms. The summed E-state index contributed by atoms with van der Waals surface area (Å²) in [5.74, 6) is 0.448. The minimum Gasteiger partial charge on any atom is -0.471 e. The van der Waals surface area contributed by atoms with Crippen molar-refractivity contribution in [3.05, 3.63) is 23.6 Å². The maximum atomic E-state index is 5.89. The van der Waals surface area contributed by atoms with Gasteiger partial charge in [0.15, 0.2) is 5.15 Å². The van der Waals surface area contributed by atoms with Gasteiger partial charge in [0.25, 0.3) is 0 Å². The number of nitrogens with zero attached hydrogens (tertiary/aromatic N) is 3. The molecule has 17 heavy (non-hydrogen) atoms. The molecule has 90 valence electrons. The molecular weight excluding hydrogens is 242 g/mol. The Hall–Kier alpha value is -1.46. The number of aromatic nitrogens is 3. The number of methoxy groups -OCH3 is 1. The topological polar surface area (TPSA) is 57.1 Å². The van der Waals surface area contributed by atoms with Crippen LogP contribution < -0.4 is 4.74 Å². The third kappa shape index (κ3) is 2.81. The summed E-state index contributed by atoms with van der Waals surface area (Å²) in [5, 5.41) is 0.339. The number of pyridine rings is 1. The number of rotatable bonds is 4. The van der Waals surface area contributed by atoms with Gasteiger partial charge in [-0.15, -0.1) is 0 Å². The SMILES string of the molecule is COCC(C)Oc1cnc2c(Cl)nccc2n1. The Bertz CT molecular complexity index is 521. The lowest BCUT2D eigenvalue weighted by Gasteiger charge is -2.12. The maximum absolute atomic E-state index is 5.89. The second-order valence-corrected chi connectivity index (χ2v) is 3.92. The van der Waals surface area contributed by atoms with Crippen molar-refractivity contribution >= 4 is 22.6 Å². The van der Waals surface area contributed by atoms with Crippen molar-refractivity contribution in [2.45, 2.75) is 13.0 Å². The molecule has 0 aliphatic heterocycles. The van der Waals surface area contributed by atoms with E-state index in [2.05, 4.69) is 15.0 Å². The molecule has 0 saturated carbocycles. The second kappa shape index (κ2) is 5.25. The van der Waals surface area contributed by atoms with E-state index in [0.29, 0.717) is 28.7 Å². The Balaban J connectivity index is 2.26. The van der Waals surface area contributed by atoms with Crippen molar-refractivity contribution in [1.82, 2.24) is 15.0 Å². The summed E-state index contributed by atoms with van der Waals surface area (Å²) >= 11 is 5.89. The highest BCUT2D eigenvalue weighted by Crippen LogP contribution is 2.19. The monoisotopic (exact) mass is 253 g/mol. The minimum absolute atomic E-state index is 0.0796. The smallest absolute Gasteiger partial charge is 0.233 e. The fraction of sp³-hybridized carbons (Fsp3) is 0.364. The minimum atomic E-state index is -0.0796. The van der Waals surface area contributed by atoms with Crippen LogP contribution in [0, 0.1) is 0 Å². The number of fused-ring (bicyclic) bond motifs is 1. The Kier molecular flexibility index (Phi) is 3.71. The van der Waals surface area contributed by atoms with Gasteiger partial charge in [-0.2, -0.15) is 0 Å². The van der Waals surface area contributed by atoms with Gasteiger partial charge in [0.2, 0.25) is 5.88 Å². The first-order valence-electron chi connectivity index (χ1n) is 5.13. The van der Waals surface area contributed by atoms with E-state index < -0.39 is 0 Å². The van der Waals surface area contributed by atoms with Crippen molar-refractivity contribution in [2.24, 2.45) is 0 Å². The molecule has 1 atom stereocenters. The molecule has 1 unspecified atom stereocenters. The van der Waals surface area contributed by atoms with Crippen LogP contribution in [0.1, 0.15) is 6.92 Å². The predicted molar refractivity (Wildman–Crippen MR) is 64.3 cm³/mol. The van der Waals surface area contributed by atoms with Crippen LogP contribution in [0.3, 0.4) is 0 Å². The molecular formula is C11H12ClN3O2. The van der Waals surface area contributed by atoms with Gasteiger partial charge in [-0.05, 0) is 13.0 Å². The molecule has 0 N–H and O–H groups in total. The van der Waals surface area contributed by atoms with E-state index in [4.69, 9.17) is 21.1 Å². The molecule has 0 fully saturated rings. The molecule has 2 aromatic rings. The van der Waals surface area contributed by atoms with E-state index in [1.54, 1.807) is 19.4 Å².